The molecule has 0 aromatic heterocycles. The fourth-order valence-corrected chi connectivity index (χ4v) is 0.973. The Hall–Kier alpha value is -1.55. The van der Waals surface area contributed by atoms with Crippen LogP contribution in [0, 0.1) is 0 Å². The first-order valence-electron chi connectivity index (χ1n) is 4.76. The van der Waals surface area contributed by atoms with Gasteiger partial charge in [-0.25, -0.2) is 0 Å². The van der Waals surface area contributed by atoms with Crippen LogP contribution in [-0.2, 0) is 11.4 Å². The number of oxime groups is 1. The summed E-state index contributed by atoms with van der Waals surface area (Å²) in [5.41, 5.74) is 6.50. The second-order valence-corrected chi connectivity index (χ2v) is 3.24. The molecule has 1 aromatic carbocycles. The van der Waals surface area contributed by atoms with E-state index in [0.29, 0.717) is 6.61 Å². The zero-order chi connectivity index (χ0) is 11.1. The van der Waals surface area contributed by atoms with E-state index in [4.69, 9.17) is 15.3 Å². The molecular weight excluding hydrogens is 192 g/mol. The SMILES string of the molecule is COc1ccc(CON=CC(C)N)cc1. The molecule has 0 fully saturated rings. The highest BCUT2D eigenvalue weighted by Crippen LogP contribution is 2.11. The standard InChI is InChI=1S/C11H16N2O2/c1-9(12)7-13-15-8-10-3-5-11(14-2)6-4-10/h3-7,9H,8,12H2,1-2H3. The molecule has 4 nitrogen and oxygen atoms in total. The lowest BCUT2D eigenvalue weighted by molar-refractivity contribution is 0.131. The molecule has 0 aliphatic rings. The Bertz CT molecular complexity index is 307. The lowest BCUT2D eigenvalue weighted by atomic mass is 10.2. The van der Waals surface area contributed by atoms with Crippen molar-refractivity contribution >= 4 is 6.21 Å². The van der Waals surface area contributed by atoms with Crippen LogP contribution in [0.15, 0.2) is 29.4 Å². The highest BCUT2D eigenvalue weighted by molar-refractivity contribution is 5.62. The summed E-state index contributed by atoms with van der Waals surface area (Å²) < 4.78 is 5.04. The zero-order valence-corrected chi connectivity index (χ0v) is 9.01. The van der Waals surface area contributed by atoms with E-state index in [0.717, 1.165) is 11.3 Å². The van der Waals surface area contributed by atoms with E-state index in [2.05, 4.69) is 5.16 Å². The first kappa shape index (κ1) is 11.5. The van der Waals surface area contributed by atoms with E-state index in [1.54, 1.807) is 13.3 Å². The molecule has 15 heavy (non-hydrogen) atoms. The Morgan fingerprint density at radius 2 is 2.07 bits per heavy atom. The van der Waals surface area contributed by atoms with Gasteiger partial charge in [-0.05, 0) is 24.6 Å². The number of ether oxygens (including phenoxy) is 1. The minimum atomic E-state index is -0.0825. The van der Waals surface area contributed by atoms with Crippen LogP contribution in [0.4, 0.5) is 0 Å². The summed E-state index contributed by atoms with van der Waals surface area (Å²) in [6.07, 6.45) is 1.56. The van der Waals surface area contributed by atoms with Gasteiger partial charge in [0.2, 0.25) is 0 Å². The summed E-state index contributed by atoms with van der Waals surface area (Å²) in [4.78, 5) is 5.05. The highest BCUT2D eigenvalue weighted by Gasteiger charge is 1.94. The molecule has 0 saturated heterocycles. The topological polar surface area (TPSA) is 56.8 Å². The monoisotopic (exact) mass is 208 g/mol. The van der Waals surface area contributed by atoms with Gasteiger partial charge in [0.25, 0.3) is 0 Å². The minimum Gasteiger partial charge on any atom is -0.497 e. The van der Waals surface area contributed by atoms with Crippen molar-refractivity contribution in [3.05, 3.63) is 29.8 Å². The summed E-state index contributed by atoms with van der Waals surface area (Å²) in [7, 11) is 1.64. The van der Waals surface area contributed by atoms with E-state index in [1.165, 1.54) is 0 Å². The normalized spacial score (nSPS) is 12.7. The zero-order valence-electron chi connectivity index (χ0n) is 9.01. The summed E-state index contributed by atoms with van der Waals surface area (Å²) >= 11 is 0. The Labute approximate surface area is 89.7 Å². The lowest BCUT2D eigenvalue weighted by Gasteiger charge is -2.02. The van der Waals surface area contributed by atoms with E-state index in [1.807, 2.05) is 31.2 Å². The van der Waals surface area contributed by atoms with Crippen LogP contribution in [0.2, 0.25) is 0 Å². The lowest BCUT2D eigenvalue weighted by Crippen LogP contribution is -2.15. The molecule has 1 unspecified atom stereocenters. The summed E-state index contributed by atoms with van der Waals surface area (Å²) in [6.45, 7) is 2.27. The first-order chi connectivity index (χ1) is 7.22. The molecule has 4 heteroatoms. The number of nitrogens with zero attached hydrogens (tertiary/aromatic N) is 1. The van der Waals surface area contributed by atoms with Gasteiger partial charge in [0.15, 0.2) is 0 Å². The van der Waals surface area contributed by atoms with Crippen LogP contribution in [0.3, 0.4) is 0 Å². The third kappa shape index (κ3) is 4.46. The van der Waals surface area contributed by atoms with Crippen molar-refractivity contribution in [2.45, 2.75) is 19.6 Å². The molecule has 0 bridgehead atoms. The van der Waals surface area contributed by atoms with Crippen molar-refractivity contribution in [3.63, 3.8) is 0 Å². The molecule has 0 radical (unpaired) electrons. The van der Waals surface area contributed by atoms with Crippen LogP contribution in [0.1, 0.15) is 12.5 Å². The number of benzene rings is 1. The van der Waals surface area contributed by atoms with Crippen LogP contribution in [-0.4, -0.2) is 19.4 Å². The Morgan fingerprint density at radius 3 is 2.60 bits per heavy atom. The highest BCUT2D eigenvalue weighted by atomic mass is 16.6. The maximum atomic E-state index is 5.46. The van der Waals surface area contributed by atoms with Gasteiger partial charge in [-0.2, -0.15) is 0 Å². The van der Waals surface area contributed by atoms with Crippen molar-refractivity contribution in [3.8, 4) is 5.75 Å². The molecule has 1 atom stereocenters. The molecule has 0 saturated carbocycles. The molecule has 0 aliphatic carbocycles. The van der Waals surface area contributed by atoms with Gasteiger partial charge in [-0.1, -0.05) is 17.3 Å². The van der Waals surface area contributed by atoms with Gasteiger partial charge in [0, 0.05) is 6.04 Å². The van der Waals surface area contributed by atoms with Crippen molar-refractivity contribution in [2.75, 3.05) is 7.11 Å². The maximum absolute atomic E-state index is 5.46. The molecule has 1 aromatic rings. The third-order valence-corrected chi connectivity index (χ3v) is 1.76. The number of methoxy groups -OCH3 is 1. The Kier molecular flexibility index (Phi) is 4.63. The molecule has 1 rings (SSSR count). The van der Waals surface area contributed by atoms with E-state index >= 15 is 0 Å². The summed E-state index contributed by atoms with van der Waals surface area (Å²) in [6, 6.07) is 7.54. The smallest absolute Gasteiger partial charge is 0.142 e. The van der Waals surface area contributed by atoms with Gasteiger partial charge in [0.05, 0.1) is 13.3 Å². The third-order valence-electron chi connectivity index (χ3n) is 1.76. The fraction of sp³-hybridized carbons (Fsp3) is 0.364. The minimum absolute atomic E-state index is 0.0825. The fourth-order valence-electron chi connectivity index (χ4n) is 0.973. The van der Waals surface area contributed by atoms with Gasteiger partial charge in [-0.15, -0.1) is 0 Å². The average molecular weight is 208 g/mol. The van der Waals surface area contributed by atoms with E-state index in [-0.39, 0.29) is 6.04 Å². The van der Waals surface area contributed by atoms with Crippen molar-refractivity contribution in [1.29, 1.82) is 0 Å². The second-order valence-electron chi connectivity index (χ2n) is 3.24. The molecular formula is C11H16N2O2. The summed E-state index contributed by atoms with van der Waals surface area (Å²) in [5.74, 6) is 0.831. The van der Waals surface area contributed by atoms with Gasteiger partial charge in [0.1, 0.15) is 12.4 Å². The van der Waals surface area contributed by atoms with E-state index < -0.39 is 0 Å². The molecule has 0 heterocycles. The van der Waals surface area contributed by atoms with Gasteiger partial charge < -0.3 is 15.3 Å². The number of nitrogens with two attached hydrogens (primary N) is 1. The second kappa shape index (κ2) is 6.03. The first-order valence-corrected chi connectivity index (χ1v) is 4.76. The molecule has 2 N–H and O–H groups in total. The number of rotatable bonds is 5. The predicted octanol–water partition coefficient (Wildman–Crippen LogP) is 1.54. The number of hydrogen-bond acceptors (Lipinski definition) is 4. The van der Waals surface area contributed by atoms with Crippen LogP contribution >= 0.6 is 0 Å². The largest absolute Gasteiger partial charge is 0.497 e. The predicted molar refractivity (Wildman–Crippen MR) is 59.9 cm³/mol. The average Bonchev–Trinajstić information content (AvgIpc) is 2.25. The van der Waals surface area contributed by atoms with E-state index in [9.17, 15) is 0 Å². The maximum Gasteiger partial charge on any atom is 0.142 e. The summed E-state index contributed by atoms with van der Waals surface area (Å²) in [5, 5.41) is 3.73. The van der Waals surface area contributed by atoms with Gasteiger partial charge in [-0.3, -0.25) is 0 Å². The Balaban J connectivity index is 2.38. The quantitative estimate of drug-likeness (QED) is 0.590. The van der Waals surface area contributed by atoms with Gasteiger partial charge >= 0.3 is 0 Å². The molecule has 0 spiro atoms. The molecule has 0 amide bonds. The van der Waals surface area contributed by atoms with Crippen molar-refractivity contribution in [1.82, 2.24) is 0 Å². The molecule has 82 valence electrons. The number of hydrogen-bond donors (Lipinski definition) is 1. The van der Waals surface area contributed by atoms with Crippen LogP contribution < -0.4 is 10.5 Å². The Morgan fingerprint density at radius 1 is 1.40 bits per heavy atom. The van der Waals surface area contributed by atoms with Crippen LogP contribution in [0.25, 0.3) is 0 Å². The molecule has 0 aliphatic heterocycles. The van der Waals surface area contributed by atoms with Crippen molar-refractivity contribution in [2.24, 2.45) is 10.9 Å². The van der Waals surface area contributed by atoms with Crippen molar-refractivity contribution < 1.29 is 9.57 Å². The van der Waals surface area contributed by atoms with Crippen LogP contribution in [0.5, 0.6) is 5.75 Å².